The number of unbranched alkanes of at least 4 members (excludes halogenated alkanes) is 2. The Bertz CT molecular complexity index is 1220. The lowest BCUT2D eigenvalue weighted by molar-refractivity contribution is -0.140. The lowest BCUT2D eigenvalue weighted by atomic mass is 10.0. The Kier molecular flexibility index (Phi) is 22.9. The van der Waals surface area contributed by atoms with E-state index in [2.05, 4.69) is 38.5 Å². The number of carbonyl (C=O) groups is 2. The number of rotatable bonds is 17. The van der Waals surface area contributed by atoms with E-state index in [0.29, 0.717) is 25.0 Å². The molecule has 0 saturated heterocycles. The van der Waals surface area contributed by atoms with Crippen LogP contribution in [0.5, 0.6) is 5.75 Å². The van der Waals surface area contributed by atoms with Crippen LogP contribution in [0, 0.1) is 25.7 Å². The van der Waals surface area contributed by atoms with Crippen molar-refractivity contribution in [1.82, 2.24) is 0 Å². The Morgan fingerprint density at radius 1 is 0.778 bits per heavy atom. The second-order valence-electron chi connectivity index (χ2n) is 10.8. The van der Waals surface area contributed by atoms with Crippen LogP contribution in [-0.2, 0) is 29.6 Å². The minimum absolute atomic E-state index is 0.0249. The quantitative estimate of drug-likeness (QED) is 0.0958. The van der Waals surface area contributed by atoms with Crippen LogP contribution >= 0.6 is 0 Å². The van der Waals surface area contributed by atoms with Gasteiger partial charge in [0.15, 0.2) is 0 Å². The highest BCUT2D eigenvalue weighted by atomic mass is 32.3. The van der Waals surface area contributed by atoms with E-state index >= 15 is 0 Å². The summed E-state index contributed by atoms with van der Waals surface area (Å²) < 4.78 is 46.2. The molecule has 9 heteroatoms. The standard InChI is InChI=1S/C18H26O2.C11H20O2.C7H7FO3S/c1-4-6-7-16(5-2)14-20-18(19)13-12-17-10-8-15(3)9-11-17;1-4-7-8-10(5-2)9-13-11(12)6-3;1-6-2-4-7(5-3-6)11-12(8,9)10/h8-13,16H,4-7,14H2,1-3H3;6,10H,3-5,7-9H2,1-2H3;2-5H,1H3/b13-12+;;. The molecule has 2 rings (SSSR count). The summed E-state index contributed by atoms with van der Waals surface area (Å²) in [7, 11) is -4.89. The molecular formula is C36H53FO7S. The fraction of sp³-hybridized carbons (Fsp3) is 0.500. The van der Waals surface area contributed by atoms with Gasteiger partial charge in [-0.05, 0) is 62.3 Å². The number of carbonyl (C=O) groups excluding carboxylic acids is 2. The number of aryl methyl sites for hydroxylation is 2. The fourth-order valence-electron chi connectivity index (χ4n) is 3.85. The van der Waals surface area contributed by atoms with Crippen LogP contribution in [0.25, 0.3) is 6.08 Å². The molecule has 0 heterocycles. The molecule has 0 N–H and O–H groups in total. The summed E-state index contributed by atoms with van der Waals surface area (Å²) >= 11 is 0. The van der Waals surface area contributed by atoms with E-state index in [4.69, 9.17) is 9.47 Å². The first-order chi connectivity index (χ1) is 21.4. The summed E-state index contributed by atoms with van der Waals surface area (Å²) in [5.74, 6) is 0.425. The zero-order chi connectivity index (χ0) is 34.1. The number of halogens is 1. The Labute approximate surface area is 271 Å². The molecule has 2 unspecified atom stereocenters. The Balaban J connectivity index is 0.000000677. The van der Waals surface area contributed by atoms with Crippen molar-refractivity contribution in [1.29, 1.82) is 0 Å². The van der Waals surface area contributed by atoms with Crippen LogP contribution in [0.4, 0.5) is 3.89 Å². The Morgan fingerprint density at radius 3 is 1.62 bits per heavy atom. The number of esters is 2. The smallest absolute Gasteiger partial charge is 0.462 e. The van der Waals surface area contributed by atoms with Gasteiger partial charge in [-0.2, -0.15) is 8.42 Å². The van der Waals surface area contributed by atoms with Gasteiger partial charge in [-0.3, -0.25) is 0 Å². The van der Waals surface area contributed by atoms with E-state index in [-0.39, 0.29) is 17.7 Å². The average Bonchev–Trinajstić information content (AvgIpc) is 3.02. The molecule has 0 aliphatic heterocycles. The van der Waals surface area contributed by atoms with Gasteiger partial charge in [0, 0.05) is 12.2 Å². The fourth-order valence-corrected chi connectivity index (χ4v) is 4.19. The van der Waals surface area contributed by atoms with Gasteiger partial charge in [-0.15, -0.1) is 0 Å². The first-order valence-corrected chi connectivity index (χ1v) is 17.1. The topological polar surface area (TPSA) is 96.0 Å². The van der Waals surface area contributed by atoms with Crippen LogP contribution in [0.2, 0.25) is 0 Å². The molecular weight excluding hydrogens is 595 g/mol. The summed E-state index contributed by atoms with van der Waals surface area (Å²) in [5.41, 5.74) is 3.18. The maximum absolute atomic E-state index is 11.9. The van der Waals surface area contributed by atoms with E-state index in [0.717, 1.165) is 36.8 Å². The van der Waals surface area contributed by atoms with Crippen LogP contribution in [0.15, 0.2) is 67.3 Å². The van der Waals surface area contributed by atoms with Gasteiger partial charge in [0.05, 0.1) is 13.2 Å². The number of benzene rings is 2. The van der Waals surface area contributed by atoms with Crippen LogP contribution < -0.4 is 4.18 Å². The summed E-state index contributed by atoms with van der Waals surface area (Å²) in [4.78, 5) is 22.4. The largest absolute Gasteiger partial charge is 0.488 e. The van der Waals surface area contributed by atoms with E-state index in [1.54, 1.807) is 18.2 Å². The summed E-state index contributed by atoms with van der Waals surface area (Å²) in [5, 5.41) is 0. The van der Waals surface area contributed by atoms with Crippen molar-refractivity contribution in [2.75, 3.05) is 13.2 Å². The summed E-state index contributed by atoms with van der Waals surface area (Å²) in [6.07, 6.45) is 13.8. The van der Waals surface area contributed by atoms with E-state index in [1.807, 2.05) is 38.1 Å². The minimum atomic E-state index is -4.89. The maximum atomic E-state index is 11.9. The van der Waals surface area contributed by atoms with E-state index in [1.165, 1.54) is 55.5 Å². The first kappa shape index (κ1) is 41.5. The van der Waals surface area contributed by atoms with Gasteiger partial charge >= 0.3 is 22.4 Å². The zero-order valence-electron chi connectivity index (χ0n) is 27.9. The molecule has 0 aliphatic rings. The van der Waals surface area contributed by atoms with Crippen LogP contribution in [0.3, 0.4) is 0 Å². The highest BCUT2D eigenvalue weighted by Crippen LogP contribution is 2.15. The molecule has 0 fully saturated rings. The molecule has 0 aromatic heterocycles. The van der Waals surface area contributed by atoms with Gasteiger partial charge in [0.1, 0.15) is 5.75 Å². The average molecular weight is 649 g/mol. The lowest BCUT2D eigenvalue weighted by Crippen LogP contribution is -2.12. The number of hydrogen-bond acceptors (Lipinski definition) is 7. The molecule has 0 bridgehead atoms. The third-order valence-electron chi connectivity index (χ3n) is 6.88. The van der Waals surface area contributed by atoms with Crippen molar-refractivity contribution in [2.45, 2.75) is 92.9 Å². The lowest BCUT2D eigenvalue weighted by Gasteiger charge is -2.13. The Morgan fingerprint density at radius 2 is 1.22 bits per heavy atom. The van der Waals surface area contributed by atoms with Crippen LogP contribution in [0.1, 0.15) is 95.8 Å². The van der Waals surface area contributed by atoms with Crippen molar-refractivity contribution in [3.05, 3.63) is 84.0 Å². The molecule has 0 saturated carbocycles. The minimum Gasteiger partial charge on any atom is -0.462 e. The van der Waals surface area contributed by atoms with Gasteiger partial charge in [0.25, 0.3) is 0 Å². The predicted molar refractivity (Wildman–Crippen MR) is 181 cm³/mol. The summed E-state index contributed by atoms with van der Waals surface area (Å²) in [6, 6.07) is 14.1. The van der Waals surface area contributed by atoms with Gasteiger partial charge < -0.3 is 13.7 Å². The zero-order valence-corrected chi connectivity index (χ0v) is 28.7. The highest BCUT2D eigenvalue weighted by molar-refractivity contribution is 7.81. The molecule has 0 amide bonds. The Hall–Kier alpha value is -3.46. The molecule has 7 nitrogen and oxygen atoms in total. The van der Waals surface area contributed by atoms with E-state index in [9.17, 15) is 21.9 Å². The normalized spacial score (nSPS) is 12.1. The molecule has 0 radical (unpaired) electrons. The SMILES string of the molecule is C=CC(=O)OCC(CC)CCCC.CCCCC(CC)COC(=O)/C=C/c1ccc(C)cc1.Cc1ccc(OS(=O)(=O)F)cc1. The molecule has 0 aliphatic carbocycles. The number of hydrogen-bond donors (Lipinski definition) is 0. The predicted octanol–water partition coefficient (Wildman–Crippen LogP) is 9.29. The first-order valence-electron chi connectivity index (χ1n) is 15.8. The molecule has 2 aromatic carbocycles. The van der Waals surface area contributed by atoms with Gasteiger partial charge in [-0.25, -0.2) is 9.59 Å². The van der Waals surface area contributed by atoms with E-state index < -0.39 is 10.5 Å². The van der Waals surface area contributed by atoms with Crippen molar-refractivity contribution >= 4 is 28.5 Å². The number of ether oxygens (including phenoxy) is 2. The molecule has 2 aromatic rings. The van der Waals surface area contributed by atoms with Crippen LogP contribution in [-0.4, -0.2) is 33.6 Å². The highest BCUT2D eigenvalue weighted by Gasteiger charge is 2.09. The molecule has 252 valence electrons. The van der Waals surface area contributed by atoms with Gasteiger partial charge in [-0.1, -0.05) is 124 Å². The van der Waals surface area contributed by atoms with Crippen molar-refractivity contribution in [2.24, 2.45) is 11.8 Å². The molecule has 0 spiro atoms. The third kappa shape index (κ3) is 23.6. The van der Waals surface area contributed by atoms with Crippen molar-refractivity contribution in [3.63, 3.8) is 0 Å². The second-order valence-corrected chi connectivity index (χ2v) is 11.8. The van der Waals surface area contributed by atoms with Crippen molar-refractivity contribution < 1.29 is 35.5 Å². The molecule has 2 atom stereocenters. The van der Waals surface area contributed by atoms with Gasteiger partial charge in [0.2, 0.25) is 0 Å². The summed E-state index contributed by atoms with van der Waals surface area (Å²) in [6.45, 7) is 16.9. The molecule has 45 heavy (non-hydrogen) atoms. The monoisotopic (exact) mass is 648 g/mol. The second kappa shape index (κ2) is 24.8. The maximum Gasteiger partial charge on any atom is 0.488 e. The third-order valence-corrected chi connectivity index (χ3v) is 7.27. The van der Waals surface area contributed by atoms with Crippen molar-refractivity contribution in [3.8, 4) is 5.75 Å².